The van der Waals surface area contributed by atoms with Crippen LogP contribution < -0.4 is 15.1 Å². The standard InChI is InChI=1S/C22H25N3O/c1-21(2)18-7-5-6-8-19(18)25-15-20(26)23-22(21,25)14-13-16-9-11-17(12-10-16)24(3)4/h5-14H,15H2,1-4H3,(H,23,26)/b14-13+/t22-/m1/s1. The van der Waals surface area contributed by atoms with E-state index in [2.05, 4.69) is 83.6 Å². The highest BCUT2D eigenvalue weighted by Crippen LogP contribution is 2.52. The number of amides is 1. The topological polar surface area (TPSA) is 35.6 Å². The minimum absolute atomic E-state index is 0.0696. The fourth-order valence-corrected chi connectivity index (χ4v) is 4.24. The third kappa shape index (κ3) is 2.25. The smallest absolute Gasteiger partial charge is 0.241 e. The number of nitrogens with one attached hydrogen (secondary N) is 1. The first kappa shape index (κ1) is 16.7. The summed E-state index contributed by atoms with van der Waals surface area (Å²) in [5.74, 6) is 0.0696. The molecule has 26 heavy (non-hydrogen) atoms. The lowest BCUT2D eigenvalue weighted by molar-refractivity contribution is -0.118. The predicted octanol–water partition coefficient (Wildman–Crippen LogP) is 3.39. The first-order valence-electron chi connectivity index (χ1n) is 9.00. The number of anilines is 2. The van der Waals surface area contributed by atoms with Crippen LogP contribution in [0.15, 0.2) is 54.6 Å². The van der Waals surface area contributed by atoms with Gasteiger partial charge in [0.25, 0.3) is 0 Å². The molecular weight excluding hydrogens is 322 g/mol. The Morgan fingerprint density at radius 3 is 2.46 bits per heavy atom. The maximum atomic E-state index is 12.3. The average molecular weight is 347 g/mol. The predicted molar refractivity (Wildman–Crippen MR) is 107 cm³/mol. The molecule has 0 radical (unpaired) electrons. The summed E-state index contributed by atoms with van der Waals surface area (Å²) in [6.45, 7) is 4.80. The first-order valence-corrected chi connectivity index (χ1v) is 9.00. The van der Waals surface area contributed by atoms with Crippen molar-refractivity contribution in [3.8, 4) is 0 Å². The third-order valence-electron chi connectivity index (χ3n) is 5.80. The van der Waals surface area contributed by atoms with Crippen molar-refractivity contribution in [2.75, 3.05) is 30.4 Å². The number of carbonyl (C=O) groups excluding carboxylic acids is 1. The van der Waals surface area contributed by atoms with Crippen LogP contribution in [0.3, 0.4) is 0 Å². The van der Waals surface area contributed by atoms with Crippen LogP contribution in [0.5, 0.6) is 0 Å². The van der Waals surface area contributed by atoms with Gasteiger partial charge in [-0.15, -0.1) is 0 Å². The highest BCUT2D eigenvalue weighted by molar-refractivity contribution is 5.91. The van der Waals surface area contributed by atoms with Gasteiger partial charge in [0.05, 0.1) is 6.54 Å². The van der Waals surface area contributed by atoms with Gasteiger partial charge < -0.3 is 15.1 Å². The summed E-state index contributed by atoms with van der Waals surface area (Å²) in [7, 11) is 4.07. The SMILES string of the molecule is CN(C)c1ccc(/C=C/[C@@]23NC(=O)CN2c2ccccc2C3(C)C)cc1. The molecular formula is C22H25N3O. The summed E-state index contributed by atoms with van der Waals surface area (Å²) in [6.07, 6.45) is 4.27. The Balaban J connectivity index is 1.75. The van der Waals surface area contributed by atoms with E-state index in [1.165, 1.54) is 11.3 Å². The van der Waals surface area contributed by atoms with Crippen LogP contribution in [0, 0.1) is 0 Å². The molecule has 2 heterocycles. The maximum Gasteiger partial charge on any atom is 0.241 e. The summed E-state index contributed by atoms with van der Waals surface area (Å²) in [4.78, 5) is 16.6. The Kier molecular flexibility index (Phi) is 3.62. The molecule has 1 atom stereocenters. The lowest BCUT2D eigenvalue weighted by Gasteiger charge is -2.40. The Hall–Kier alpha value is -2.75. The Morgan fingerprint density at radius 1 is 1.08 bits per heavy atom. The van der Waals surface area contributed by atoms with Crippen molar-refractivity contribution in [1.82, 2.24) is 5.32 Å². The molecule has 0 spiro atoms. The van der Waals surface area contributed by atoms with Gasteiger partial charge in [0.1, 0.15) is 5.66 Å². The number of carbonyl (C=O) groups is 1. The van der Waals surface area contributed by atoms with E-state index in [9.17, 15) is 4.79 Å². The van der Waals surface area contributed by atoms with Crippen LogP contribution in [0.25, 0.3) is 6.08 Å². The normalized spacial score (nSPS) is 23.1. The average Bonchev–Trinajstić information content (AvgIpc) is 3.05. The van der Waals surface area contributed by atoms with Gasteiger partial charge >= 0.3 is 0 Å². The van der Waals surface area contributed by atoms with Crippen molar-refractivity contribution in [2.24, 2.45) is 0 Å². The van der Waals surface area contributed by atoms with E-state index in [0.29, 0.717) is 6.54 Å². The van der Waals surface area contributed by atoms with Crippen LogP contribution in [-0.4, -0.2) is 32.2 Å². The molecule has 2 aromatic carbocycles. The van der Waals surface area contributed by atoms with E-state index in [1.807, 2.05) is 20.2 Å². The van der Waals surface area contributed by atoms with Crippen molar-refractivity contribution >= 4 is 23.4 Å². The lowest BCUT2D eigenvalue weighted by atomic mass is 9.75. The van der Waals surface area contributed by atoms with Gasteiger partial charge in [0, 0.05) is 30.9 Å². The number of para-hydroxylation sites is 1. The van der Waals surface area contributed by atoms with E-state index >= 15 is 0 Å². The molecule has 2 aliphatic heterocycles. The monoisotopic (exact) mass is 347 g/mol. The Labute approximate surface area is 155 Å². The molecule has 0 saturated carbocycles. The minimum atomic E-state index is -0.534. The molecule has 2 aromatic rings. The number of hydrogen-bond acceptors (Lipinski definition) is 3. The molecule has 1 saturated heterocycles. The van der Waals surface area contributed by atoms with Crippen molar-refractivity contribution in [1.29, 1.82) is 0 Å². The summed E-state index contributed by atoms with van der Waals surface area (Å²) in [5.41, 5.74) is 3.95. The van der Waals surface area contributed by atoms with Gasteiger partial charge in [0.2, 0.25) is 5.91 Å². The summed E-state index contributed by atoms with van der Waals surface area (Å²) in [6, 6.07) is 16.8. The molecule has 4 nitrogen and oxygen atoms in total. The van der Waals surface area contributed by atoms with Crippen LogP contribution >= 0.6 is 0 Å². The van der Waals surface area contributed by atoms with E-state index in [4.69, 9.17) is 0 Å². The van der Waals surface area contributed by atoms with Gasteiger partial charge in [-0.25, -0.2) is 0 Å². The lowest BCUT2D eigenvalue weighted by Crippen LogP contribution is -2.58. The summed E-state index contributed by atoms with van der Waals surface area (Å²) >= 11 is 0. The highest BCUT2D eigenvalue weighted by atomic mass is 16.2. The summed E-state index contributed by atoms with van der Waals surface area (Å²) < 4.78 is 0. The van der Waals surface area contributed by atoms with E-state index in [0.717, 1.165) is 11.3 Å². The fourth-order valence-electron chi connectivity index (χ4n) is 4.24. The zero-order valence-electron chi connectivity index (χ0n) is 15.8. The van der Waals surface area contributed by atoms with E-state index in [-0.39, 0.29) is 11.3 Å². The van der Waals surface area contributed by atoms with Crippen molar-refractivity contribution < 1.29 is 4.79 Å². The van der Waals surface area contributed by atoms with Crippen LogP contribution in [0.4, 0.5) is 11.4 Å². The number of rotatable bonds is 3. The molecule has 4 rings (SSSR count). The van der Waals surface area contributed by atoms with Gasteiger partial charge in [-0.2, -0.15) is 0 Å². The molecule has 134 valence electrons. The minimum Gasteiger partial charge on any atom is -0.378 e. The summed E-state index contributed by atoms with van der Waals surface area (Å²) in [5, 5.41) is 3.26. The van der Waals surface area contributed by atoms with Crippen molar-refractivity contribution in [3.63, 3.8) is 0 Å². The van der Waals surface area contributed by atoms with E-state index < -0.39 is 5.66 Å². The second kappa shape index (κ2) is 5.63. The molecule has 1 N–H and O–H groups in total. The molecule has 0 bridgehead atoms. The van der Waals surface area contributed by atoms with Crippen LogP contribution in [0.1, 0.15) is 25.0 Å². The third-order valence-corrected chi connectivity index (χ3v) is 5.80. The zero-order chi connectivity index (χ0) is 18.5. The number of hydrogen-bond donors (Lipinski definition) is 1. The highest BCUT2D eigenvalue weighted by Gasteiger charge is 2.59. The number of fused-ring (bicyclic) bond motifs is 3. The largest absolute Gasteiger partial charge is 0.378 e. The molecule has 1 fully saturated rings. The maximum absolute atomic E-state index is 12.3. The molecule has 1 amide bonds. The number of nitrogens with zero attached hydrogens (tertiary/aromatic N) is 2. The molecule has 0 aromatic heterocycles. The van der Waals surface area contributed by atoms with Crippen molar-refractivity contribution in [3.05, 3.63) is 65.7 Å². The van der Waals surface area contributed by atoms with Gasteiger partial charge in [0.15, 0.2) is 0 Å². The second-order valence-electron chi connectivity index (χ2n) is 7.86. The quantitative estimate of drug-likeness (QED) is 0.924. The van der Waals surface area contributed by atoms with E-state index in [1.54, 1.807) is 0 Å². The van der Waals surface area contributed by atoms with Crippen molar-refractivity contribution in [2.45, 2.75) is 24.9 Å². The zero-order valence-corrected chi connectivity index (χ0v) is 15.8. The molecule has 4 heteroatoms. The molecule has 0 unspecified atom stereocenters. The molecule has 2 aliphatic rings. The van der Waals surface area contributed by atoms with Gasteiger partial charge in [-0.3, -0.25) is 4.79 Å². The Bertz CT molecular complexity index is 883. The molecule has 0 aliphatic carbocycles. The Morgan fingerprint density at radius 2 is 1.77 bits per heavy atom. The first-order chi connectivity index (χ1) is 12.3. The van der Waals surface area contributed by atoms with Crippen LogP contribution in [-0.2, 0) is 10.2 Å². The van der Waals surface area contributed by atoms with Crippen LogP contribution in [0.2, 0.25) is 0 Å². The van der Waals surface area contributed by atoms with Gasteiger partial charge in [-0.1, -0.05) is 50.3 Å². The number of benzene rings is 2. The fraction of sp³-hybridized carbons (Fsp3) is 0.318. The van der Waals surface area contributed by atoms with Gasteiger partial charge in [-0.05, 0) is 35.4 Å². The second-order valence-corrected chi connectivity index (χ2v) is 7.86.